The van der Waals surface area contributed by atoms with Crippen LogP contribution in [0.1, 0.15) is 36.5 Å². The second kappa shape index (κ2) is 8.96. The quantitative estimate of drug-likeness (QED) is 0.787. The minimum atomic E-state index is -0.509. The number of aliphatic hydroxyl groups excluding tert-OH is 1. The summed E-state index contributed by atoms with van der Waals surface area (Å²) >= 11 is 0. The van der Waals surface area contributed by atoms with E-state index < -0.39 is 6.10 Å². The van der Waals surface area contributed by atoms with E-state index in [1.165, 1.54) is 0 Å². The molecule has 0 aliphatic heterocycles. The highest BCUT2D eigenvalue weighted by Gasteiger charge is 2.08. The fourth-order valence-corrected chi connectivity index (χ4v) is 2.33. The Balaban J connectivity index is 1.66. The average molecular weight is 313 g/mol. The number of ether oxygens (including phenoxy) is 1. The highest BCUT2D eigenvalue weighted by Crippen LogP contribution is 2.18. The van der Waals surface area contributed by atoms with Crippen LogP contribution < -0.4 is 10.1 Å². The van der Waals surface area contributed by atoms with E-state index >= 15 is 0 Å². The van der Waals surface area contributed by atoms with Crippen molar-refractivity contribution in [2.24, 2.45) is 0 Å². The molecular weight excluding hydrogens is 290 g/mol. The predicted molar refractivity (Wildman–Crippen MR) is 90.1 cm³/mol. The average Bonchev–Trinajstić information content (AvgIpc) is 2.61. The van der Waals surface area contributed by atoms with Crippen molar-refractivity contribution in [1.82, 2.24) is 5.32 Å². The highest BCUT2D eigenvalue weighted by molar-refractivity contribution is 5.75. The van der Waals surface area contributed by atoms with Crippen LogP contribution >= 0.6 is 0 Å². The summed E-state index contributed by atoms with van der Waals surface area (Å²) in [6.07, 6.45) is 1.15. The fraction of sp³-hybridized carbons (Fsp3) is 0.316. The number of carbonyl (C=O) groups is 1. The molecule has 1 unspecified atom stereocenters. The molecule has 0 aliphatic carbocycles. The molecule has 4 nitrogen and oxygen atoms in total. The lowest BCUT2D eigenvalue weighted by Gasteiger charge is -2.11. The Morgan fingerprint density at radius 1 is 1.13 bits per heavy atom. The van der Waals surface area contributed by atoms with Crippen LogP contribution in [0.3, 0.4) is 0 Å². The number of methoxy groups -OCH3 is 1. The molecule has 2 N–H and O–H groups in total. The molecule has 4 heteroatoms. The lowest BCUT2D eigenvalue weighted by atomic mass is 10.0. The van der Waals surface area contributed by atoms with Gasteiger partial charge >= 0.3 is 0 Å². The van der Waals surface area contributed by atoms with E-state index in [1.54, 1.807) is 7.11 Å². The van der Waals surface area contributed by atoms with Crippen molar-refractivity contribution >= 4 is 5.91 Å². The first kappa shape index (κ1) is 17.0. The van der Waals surface area contributed by atoms with E-state index in [2.05, 4.69) is 5.32 Å². The van der Waals surface area contributed by atoms with Crippen LogP contribution in [0.4, 0.5) is 0 Å². The number of aliphatic hydroxyl groups is 1. The van der Waals surface area contributed by atoms with Crippen LogP contribution in [0.25, 0.3) is 0 Å². The molecule has 122 valence electrons. The maximum atomic E-state index is 11.8. The lowest BCUT2D eigenvalue weighted by molar-refractivity contribution is -0.121. The Bertz CT molecular complexity index is 596. The third-order valence-corrected chi connectivity index (χ3v) is 3.71. The molecular formula is C19H23NO3. The molecule has 0 aromatic heterocycles. The maximum absolute atomic E-state index is 11.8. The molecule has 2 aromatic carbocycles. The zero-order valence-corrected chi connectivity index (χ0v) is 13.4. The lowest BCUT2D eigenvalue weighted by Crippen LogP contribution is -2.22. The molecule has 0 spiro atoms. The Morgan fingerprint density at radius 3 is 2.48 bits per heavy atom. The van der Waals surface area contributed by atoms with E-state index in [4.69, 9.17) is 4.74 Å². The molecule has 0 aliphatic rings. The largest absolute Gasteiger partial charge is 0.497 e. The Kier molecular flexibility index (Phi) is 6.63. The third kappa shape index (κ3) is 5.75. The second-order valence-electron chi connectivity index (χ2n) is 5.44. The third-order valence-electron chi connectivity index (χ3n) is 3.71. The van der Waals surface area contributed by atoms with Gasteiger partial charge in [-0.15, -0.1) is 0 Å². The van der Waals surface area contributed by atoms with Crippen molar-refractivity contribution in [1.29, 1.82) is 0 Å². The molecule has 2 aromatic rings. The Labute approximate surface area is 137 Å². The van der Waals surface area contributed by atoms with Gasteiger partial charge in [-0.1, -0.05) is 42.5 Å². The highest BCUT2D eigenvalue weighted by atomic mass is 16.5. The number of nitrogens with one attached hydrogen (secondary N) is 1. The molecule has 2 rings (SSSR count). The van der Waals surface area contributed by atoms with Gasteiger partial charge in [0.15, 0.2) is 0 Å². The minimum Gasteiger partial charge on any atom is -0.497 e. The van der Waals surface area contributed by atoms with Crippen molar-refractivity contribution in [2.45, 2.75) is 31.9 Å². The topological polar surface area (TPSA) is 58.6 Å². The second-order valence-corrected chi connectivity index (χ2v) is 5.44. The summed E-state index contributed by atoms with van der Waals surface area (Å²) in [5, 5.41) is 12.9. The molecule has 0 bridgehead atoms. The van der Waals surface area contributed by atoms with Gasteiger partial charge in [0.2, 0.25) is 5.91 Å². The van der Waals surface area contributed by atoms with E-state index in [0.717, 1.165) is 16.9 Å². The summed E-state index contributed by atoms with van der Waals surface area (Å²) in [4.78, 5) is 11.8. The van der Waals surface area contributed by atoms with Gasteiger partial charge in [-0.25, -0.2) is 0 Å². The van der Waals surface area contributed by atoms with Crippen molar-refractivity contribution in [2.75, 3.05) is 7.11 Å². The first-order chi connectivity index (χ1) is 11.2. The summed E-state index contributed by atoms with van der Waals surface area (Å²) in [6, 6.07) is 17.1. The van der Waals surface area contributed by atoms with E-state index in [-0.39, 0.29) is 5.91 Å². The van der Waals surface area contributed by atoms with E-state index in [0.29, 0.717) is 25.8 Å². The molecule has 0 saturated carbocycles. The molecule has 1 amide bonds. The molecule has 0 fully saturated rings. The number of benzene rings is 2. The van der Waals surface area contributed by atoms with Gasteiger partial charge in [0.1, 0.15) is 5.75 Å². The minimum absolute atomic E-state index is 0.001000. The molecule has 0 radical (unpaired) electrons. The standard InChI is InChI=1S/C19H23NO3/c1-23-17-12-10-15(11-13-17)14-20-19(22)9-5-8-18(21)16-6-3-2-4-7-16/h2-4,6-7,10-13,18,21H,5,8-9,14H2,1H3,(H,20,22). The van der Waals surface area contributed by atoms with Gasteiger partial charge in [0.25, 0.3) is 0 Å². The SMILES string of the molecule is COc1ccc(CNC(=O)CCCC(O)c2ccccc2)cc1. The number of amides is 1. The smallest absolute Gasteiger partial charge is 0.220 e. The van der Waals surface area contributed by atoms with Crippen LogP contribution in [-0.2, 0) is 11.3 Å². The van der Waals surface area contributed by atoms with Crippen LogP contribution in [0, 0.1) is 0 Å². The fourth-order valence-electron chi connectivity index (χ4n) is 2.33. The molecule has 0 heterocycles. The first-order valence-electron chi connectivity index (χ1n) is 7.81. The Morgan fingerprint density at radius 2 is 1.83 bits per heavy atom. The molecule has 0 saturated heterocycles. The molecule has 23 heavy (non-hydrogen) atoms. The van der Waals surface area contributed by atoms with Crippen molar-refractivity contribution in [3.05, 3.63) is 65.7 Å². The van der Waals surface area contributed by atoms with Crippen LogP contribution in [-0.4, -0.2) is 18.1 Å². The number of rotatable bonds is 8. The van der Waals surface area contributed by atoms with Gasteiger partial charge in [-0.2, -0.15) is 0 Å². The normalized spacial score (nSPS) is 11.7. The van der Waals surface area contributed by atoms with E-state index in [1.807, 2.05) is 54.6 Å². The van der Waals surface area contributed by atoms with E-state index in [9.17, 15) is 9.90 Å². The number of carbonyl (C=O) groups excluding carboxylic acids is 1. The summed E-state index contributed by atoms with van der Waals surface area (Å²) in [7, 11) is 1.63. The zero-order chi connectivity index (χ0) is 16.5. The predicted octanol–water partition coefficient (Wildman–Crippen LogP) is 3.22. The first-order valence-corrected chi connectivity index (χ1v) is 7.81. The number of hydrogen-bond acceptors (Lipinski definition) is 3. The van der Waals surface area contributed by atoms with Gasteiger partial charge in [-0.05, 0) is 36.1 Å². The van der Waals surface area contributed by atoms with Gasteiger partial charge < -0.3 is 15.2 Å². The van der Waals surface area contributed by atoms with Crippen molar-refractivity contribution in [3.8, 4) is 5.75 Å². The van der Waals surface area contributed by atoms with Crippen LogP contribution in [0.5, 0.6) is 5.75 Å². The number of hydrogen-bond donors (Lipinski definition) is 2. The maximum Gasteiger partial charge on any atom is 0.220 e. The van der Waals surface area contributed by atoms with Gasteiger partial charge in [-0.3, -0.25) is 4.79 Å². The van der Waals surface area contributed by atoms with Crippen molar-refractivity contribution in [3.63, 3.8) is 0 Å². The summed E-state index contributed by atoms with van der Waals surface area (Å²) in [5.74, 6) is 0.802. The summed E-state index contributed by atoms with van der Waals surface area (Å²) < 4.78 is 5.10. The zero-order valence-electron chi connectivity index (χ0n) is 13.4. The van der Waals surface area contributed by atoms with Crippen LogP contribution in [0.2, 0.25) is 0 Å². The molecule has 1 atom stereocenters. The summed E-state index contributed by atoms with van der Waals surface area (Å²) in [6.45, 7) is 0.504. The van der Waals surface area contributed by atoms with Gasteiger partial charge in [0.05, 0.1) is 13.2 Å². The Hall–Kier alpha value is -2.33. The van der Waals surface area contributed by atoms with Crippen LogP contribution in [0.15, 0.2) is 54.6 Å². The van der Waals surface area contributed by atoms with Gasteiger partial charge in [0, 0.05) is 13.0 Å². The monoisotopic (exact) mass is 313 g/mol. The summed E-state index contributed by atoms with van der Waals surface area (Å²) in [5.41, 5.74) is 1.93. The van der Waals surface area contributed by atoms with Crippen molar-refractivity contribution < 1.29 is 14.6 Å².